The monoisotopic (exact) mass is 329 g/mol. The molecule has 1 unspecified atom stereocenters. The van der Waals surface area contributed by atoms with Gasteiger partial charge in [0.2, 0.25) is 0 Å². The number of rotatable bonds is 3. The van der Waals surface area contributed by atoms with Crippen LogP contribution in [0.2, 0.25) is 5.02 Å². The molecule has 1 heterocycles. The molecule has 4 rings (SSSR count). The number of hydrogen-bond acceptors (Lipinski definition) is 3. The van der Waals surface area contributed by atoms with Crippen molar-refractivity contribution >= 4 is 11.6 Å². The first-order chi connectivity index (χ1) is 11.3. The van der Waals surface area contributed by atoms with E-state index in [-0.39, 0.29) is 0 Å². The minimum atomic E-state index is 0.511. The molecule has 0 radical (unpaired) electrons. The van der Waals surface area contributed by atoms with Gasteiger partial charge in [-0.1, -0.05) is 35.9 Å². The Morgan fingerprint density at radius 3 is 2.83 bits per heavy atom. The van der Waals surface area contributed by atoms with Crippen molar-refractivity contribution in [3.63, 3.8) is 0 Å². The van der Waals surface area contributed by atoms with Gasteiger partial charge in [0.1, 0.15) is 13.2 Å². The second kappa shape index (κ2) is 6.42. The summed E-state index contributed by atoms with van der Waals surface area (Å²) in [6.07, 6.45) is 3.42. The number of benzene rings is 2. The largest absolute Gasteiger partial charge is 0.486 e. The van der Waals surface area contributed by atoms with Crippen LogP contribution in [0.1, 0.15) is 23.1 Å². The predicted octanol–water partition coefficient (Wildman–Crippen LogP) is 3.76. The van der Waals surface area contributed by atoms with E-state index in [1.807, 2.05) is 12.1 Å². The summed E-state index contributed by atoms with van der Waals surface area (Å²) in [6.45, 7) is 1.94. The summed E-state index contributed by atoms with van der Waals surface area (Å²) in [5.74, 6) is 1.43. The molecular weight excluding hydrogens is 310 g/mol. The summed E-state index contributed by atoms with van der Waals surface area (Å²) in [7, 11) is 0. The van der Waals surface area contributed by atoms with E-state index in [1.165, 1.54) is 17.5 Å². The molecule has 1 aliphatic carbocycles. The highest BCUT2D eigenvalue weighted by molar-refractivity contribution is 6.32. The van der Waals surface area contributed by atoms with E-state index in [4.69, 9.17) is 21.1 Å². The number of ether oxygens (including phenoxy) is 2. The fourth-order valence-corrected chi connectivity index (χ4v) is 3.69. The van der Waals surface area contributed by atoms with E-state index in [0.29, 0.717) is 30.0 Å². The van der Waals surface area contributed by atoms with Gasteiger partial charge in [-0.05, 0) is 48.1 Å². The average molecular weight is 330 g/mol. The Labute approximate surface area is 141 Å². The number of halogens is 1. The molecule has 0 aromatic heterocycles. The molecule has 0 fully saturated rings. The van der Waals surface area contributed by atoms with E-state index in [2.05, 4.69) is 29.6 Å². The van der Waals surface area contributed by atoms with Gasteiger partial charge in [-0.2, -0.15) is 0 Å². The van der Waals surface area contributed by atoms with Gasteiger partial charge in [0.25, 0.3) is 0 Å². The number of aryl methyl sites for hydroxylation is 1. The maximum absolute atomic E-state index is 6.30. The summed E-state index contributed by atoms with van der Waals surface area (Å²) < 4.78 is 11.2. The minimum Gasteiger partial charge on any atom is -0.486 e. The molecule has 4 heteroatoms. The number of fused-ring (bicyclic) bond motifs is 2. The molecule has 2 aromatic rings. The Hall–Kier alpha value is -1.71. The molecule has 0 amide bonds. The molecule has 0 saturated heterocycles. The van der Waals surface area contributed by atoms with Crippen LogP contribution < -0.4 is 14.8 Å². The zero-order valence-corrected chi connectivity index (χ0v) is 13.7. The summed E-state index contributed by atoms with van der Waals surface area (Å²) in [5, 5.41) is 4.29. The normalized spacial score (nSPS) is 19.3. The van der Waals surface area contributed by atoms with Gasteiger partial charge in [0, 0.05) is 12.6 Å². The Bertz CT molecular complexity index is 717. The SMILES string of the molecule is Clc1cc(CNC2CCc3ccccc3C2)cc2c1OCCO2. The first kappa shape index (κ1) is 14.9. The third kappa shape index (κ3) is 3.17. The Balaban J connectivity index is 1.43. The fraction of sp³-hybridized carbons (Fsp3) is 0.368. The molecule has 2 aliphatic rings. The molecule has 0 spiro atoms. The van der Waals surface area contributed by atoms with E-state index in [0.717, 1.165) is 30.7 Å². The second-order valence-corrected chi connectivity index (χ2v) is 6.60. The lowest BCUT2D eigenvalue weighted by molar-refractivity contribution is 0.171. The summed E-state index contributed by atoms with van der Waals surface area (Å²) in [4.78, 5) is 0. The summed E-state index contributed by atoms with van der Waals surface area (Å²) in [5.41, 5.74) is 4.10. The van der Waals surface area contributed by atoms with E-state index < -0.39 is 0 Å². The van der Waals surface area contributed by atoms with Crippen molar-refractivity contribution in [1.29, 1.82) is 0 Å². The van der Waals surface area contributed by atoms with Gasteiger partial charge in [0.15, 0.2) is 11.5 Å². The molecule has 0 bridgehead atoms. The lowest BCUT2D eigenvalue weighted by Gasteiger charge is -2.26. The van der Waals surface area contributed by atoms with Crippen molar-refractivity contribution in [1.82, 2.24) is 5.32 Å². The first-order valence-electron chi connectivity index (χ1n) is 8.18. The molecule has 1 atom stereocenters. The van der Waals surface area contributed by atoms with Crippen LogP contribution in [0.3, 0.4) is 0 Å². The van der Waals surface area contributed by atoms with Gasteiger partial charge in [0.05, 0.1) is 5.02 Å². The lowest BCUT2D eigenvalue weighted by atomic mass is 9.88. The van der Waals surface area contributed by atoms with Crippen molar-refractivity contribution in [3.05, 3.63) is 58.1 Å². The molecule has 23 heavy (non-hydrogen) atoms. The molecule has 3 nitrogen and oxygen atoms in total. The molecule has 2 aromatic carbocycles. The van der Waals surface area contributed by atoms with Crippen LogP contribution in [0.4, 0.5) is 0 Å². The van der Waals surface area contributed by atoms with Crippen LogP contribution in [0, 0.1) is 0 Å². The molecule has 1 N–H and O–H groups in total. The van der Waals surface area contributed by atoms with Crippen LogP contribution in [-0.2, 0) is 19.4 Å². The number of hydrogen-bond donors (Lipinski definition) is 1. The van der Waals surface area contributed by atoms with Crippen molar-refractivity contribution in [2.75, 3.05) is 13.2 Å². The van der Waals surface area contributed by atoms with Gasteiger partial charge in [-0.25, -0.2) is 0 Å². The zero-order chi connectivity index (χ0) is 15.6. The maximum Gasteiger partial charge on any atom is 0.179 e. The highest BCUT2D eigenvalue weighted by Gasteiger charge is 2.19. The summed E-state index contributed by atoms with van der Waals surface area (Å²) in [6, 6.07) is 13.3. The lowest BCUT2D eigenvalue weighted by Crippen LogP contribution is -2.34. The van der Waals surface area contributed by atoms with Crippen LogP contribution in [-0.4, -0.2) is 19.3 Å². The van der Waals surface area contributed by atoms with Crippen LogP contribution >= 0.6 is 11.6 Å². The van der Waals surface area contributed by atoms with Gasteiger partial charge < -0.3 is 14.8 Å². The smallest absolute Gasteiger partial charge is 0.179 e. The second-order valence-electron chi connectivity index (χ2n) is 6.19. The highest BCUT2D eigenvalue weighted by atomic mass is 35.5. The van der Waals surface area contributed by atoms with Crippen molar-refractivity contribution in [2.24, 2.45) is 0 Å². The first-order valence-corrected chi connectivity index (χ1v) is 8.55. The Morgan fingerprint density at radius 2 is 1.91 bits per heavy atom. The van der Waals surface area contributed by atoms with Crippen LogP contribution in [0.25, 0.3) is 0 Å². The third-order valence-electron chi connectivity index (χ3n) is 4.60. The quantitative estimate of drug-likeness (QED) is 0.930. The molecular formula is C19H20ClNO2. The molecule has 120 valence electrons. The topological polar surface area (TPSA) is 30.5 Å². The fourth-order valence-electron chi connectivity index (χ4n) is 3.40. The predicted molar refractivity (Wildman–Crippen MR) is 91.5 cm³/mol. The standard InChI is InChI=1S/C19H20ClNO2/c20-17-9-13(10-18-19(17)23-8-7-22-18)12-21-16-6-5-14-3-1-2-4-15(14)11-16/h1-4,9-10,16,21H,5-8,11-12H2. The van der Waals surface area contributed by atoms with Gasteiger partial charge in [-0.15, -0.1) is 0 Å². The Morgan fingerprint density at radius 1 is 1.09 bits per heavy atom. The van der Waals surface area contributed by atoms with Gasteiger partial charge in [-0.3, -0.25) is 0 Å². The van der Waals surface area contributed by atoms with E-state index in [1.54, 1.807) is 0 Å². The van der Waals surface area contributed by atoms with Crippen molar-refractivity contribution in [2.45, 2.75) is 31.8 Å². The maximum atomic E-state index is 6.30. The Kier molecular flexibility index (Phi) is 4.15. The van der Waals surface area contributed by atoms with Crippen molar-refractivity contribution < 1.29 is 9.47 Å². The van der Waals surface area contributed by atoms with Crippen molar-refractivity contribution in [3.8, 4) is 11.5 Å². The van der Waals surface area contributed by atoms with Crippen LogP contribution in [0.5, 0.6) is 11.5 Å². The summed E-state index contributed by atoms with van der Waals surface area (Å²) >= 11 is 6.30. The van der Waals surface area contributed by atoms with Gasteiger partial charge >= 0.3 is 0 Å². The third-order valence-corrected chi connectivity index (χ3v) is 4.88. The van der Waals surface area contributed by atoms with E-state index >= 15 is 0 Å². The number of nitrogens with one attached hydrogen (secondary N) is 1. The average Bonchev–Trinajstić information content (AvgIpc) is 2.60. The van der Waals surface area contributed by atoms with Crippen LogP contribution in [0.15, 0.2) is 36.4 Å². The molecule has 1 aliphatic heterocycles. The molecule has 0 saturated carbocycles. The minimum absolute atomic E-state index is 0.511. The van der Waals surface area contributed by atoms with E-state index in [9.17, 15) is 0 Å². The highest BCUT2D eigenvalue weighted by Crippen LogP contribution is 2.38. The zero-order valence-electron chi connectivity index (χ0n) is 13.0.